The van der Waals surface area contributed by atoms with Crippen molar-refractivity contribution >= 4 is 95.2 Å². The molecule has 0 radical (unpaired) electrons. The van der Waals surface area contributed by atoms with Gasteiger partial charge in [-0.1, -0.05) is 83.6 Å². The fourth-order valence-corrected chi connectivity index (χ4v) is 38.3. The maximum atomic E-state index is 13.7. The number of carboxylic acids is 1. The third-order valence-corrected chi connectivity index (χ3v) is 37.1. The monoisotopic (exact) mass is 1340 g/mol. The van der Waals surface area contributed by atoms with Crippen molar-refractivity contribution in [2.45, 2.75) is 80.7 Å². The SMILES string of the molecule is CC(=O)O.CCOC(=O)COc1ccc(Sc2ccccc2S(Sc2ccc(OCC(=O)OCC)cc2)(Sc2ccc(OCC(=O)OCC)cc2)(Sc2ccc(OCC(=O)OCC)cc2)(Sc2ccc(OCC(=O)OCC)cc2)c2ccc([O-])cc2)cc1.[Na+]. The minimum absolute atomic E-state index is 0. The topological polar surface area (TPSA) is 238 Å². The first kappa shape index (κ1) is 73.0. The Kier molecular flexibility index (Phi) is 29.2. The van der Waals surface area contributed by atoms with Crippen LogP contribution in [0, 0.1) is 0 Å². The van der Waals surface area contributed by atoms with Crippen LogP contribution < -0.4 is 58.3 Å². The number of hydrogen-bond donors (Lipinski definition) is 1. The van der Waals surface area contributed by atoms with Crippen molar-refractivity contribution in [3.63, 3.8) is 0 Å². The summed E-state index contributed by atoms with van der Waals surface area (Å²) in [6.45, 7) is 9.16. The van der Waals surface area contributed by atoms with Crippen molar-refractivity contribution in [3.8, 4) is 34.5 Å². The van der Waals surface area contributed by atoms with E-state index in [0.29, 0.717) is 28.7 Å². The van der Waals surface area contributed by atoms with Gasteiger partial charge in [-0.05, 0) is 180 Å². The number of aliphatic carboxylic acids is 1. The van der Waals surface area contributed by atoms with Gasteiger partial charge in [0, 0.05) is 46.1 Å². The van der Waals surface area contributed by atoms with Crippen molar-refractivity contribution in [3.05, 3.63) is 170 Å². The molecule has 0 saturated carbocycles. The molecule has 0 fully saturated rings. The zero-order chi connectivity index (χ0) is 63.4. The van der Waals surface area contributed by atoms with Crippen LogP contribution in [0.1, 0.15) is 41.5 Å². The molecule has 0 aliphatic rings. The molecule has 0 unspecified atom stereocenters. The maximum Gasteiger partial charge on any atom is 1.00 e. The fraction of sp³-hybridized carbons (Fsp3) is 0.250. The van der Waals surface area contributed by atoms with Gasteiger partial charge in [0.05, 0.1) is 33.0 Å². The fourth-order valence-electron chi connectivity index (χ4n) is 7.90. The largest absolute Gasteiger partial charge is 1.00 e. The maximum absolute atomic E-state index is 13.7. The summed E-state index contributed by atoms with van der Waals surface area (Å²) < 4.78 is 50.1. The van der Waals surface area contributed by atoms with E-state index in [4.69, 9.17) is 57.3 Å². The van der Waals surface area contributed by atoms with Crippen molar-refractivity contribution in [1.82, 2.24) is 0 Å². The molecule has 0 atom stereocenters. The first-order chi connectivity index (χ1) is 42.4. The predicted octanol–water partition coefficient (Wildman–Crippen LogP) is 10.8. The third-order valence-electron chi connectivity index (χ3n) is 11.4. The van der Waals surface area contributed by atoms with Crippen LogP contribution in [0.25, 0.3) is 0 Å². The van der Waals surface area contributed by atoms with Gasteiger partial charge in [-0.15, -0.1) is 5.75 Å². The molecule has 0 aliphatic carbocycles. The number of carbonyl (C=O) groups excluding carboxylic acids is 5. The molecule has 7 aromatic carbocycles. The summed E-state index contributed by atoms with van der Waals surface area (Å²) >= 11 is 1.49. The van der Waals surface area contributed by atoms with Gasteiger partial charge in [-0.3, -0.25) is 4.79 Å². The van der Waals surface area contributed by atoms with Crippen LogP contribution in [0.15, 0.2) is 209 Å². The van der Waals surface area contributed by atoms with E-state index in [2.05, 4.69) is 6.07 Å². The van der Waals surface area contributed by atoms with Gasteiger partial charge in [0.15, 0.2) is 33.0 Å². The number of rotatable bonds is 32. The molecule has 0 aromatic heterocycles. The summed E-state index contributed by atoms with van der Waals surface area (Å²) in [6.07, 6.45) is 0. The van der Waals surface area contributed by atoms with Gasteiger partial charge < -0.3 is 57.6 Å². The Hall–Kier alpha value is -6.74. The van der Waals surface area contributed by atoms with Crippen molar-refractivity contribution < 1.29 is 116 Å². The Balaban J connectivity index is 0.00000280. The van der Waals surface area contributed by atoms with E-state index in [1.165, 1.54) is 11.8 Å². The molecule has 1 N–H and O–H groups in total. The zero-order valence-electron chi connectivity index (χ0n) is 50.1. The summed E-state index contributed by atoms with van der Waals surface area (Å²) in [4.78, 5) is 77.5. The zero-order valence-corrected chi connectivity index (χ0v) is 57.0. The molecule has 25 heteroatoms. The number of ether oxygens (including phenoxy) is 10. The molecule has 7 aromatic rings. The summed E-state index contributed by atoms with van der Waals surface area (Å²) in [5.41, 5.74) is 0. The van der Waals surface area contributed by atoms with Gasteiger partial charge in [-0.2, -0.15) is 0 Å². The normalized spacial score (nSPS) is 11.5. The molecule has 0 aliphatic heterocycles. The first-order valence-corrected chi connectivity index (χ1v) is 36.0. The molecular weight excluding hydrogens is 1270 g/mol. The van der Waals surface area contributed by atoms with Crippen LogP contribution in [0.2, 0.25) is 0 Å². The van der Waals surface area contributed by atoms with Crippen molar-refractivity contribution in [2.75, 3.05) is 66.1 Å². The van der Waals surface area contributed by atoms with Gasteiger partial charge >= 0.3 is 59.4 Å². The summed E-state index contributed by atoms with van der Waals surface area (Å²) in [7, 11) is 6.34. The van der Waals surface area contributed by atoms with Crippen LogP contribution in [-0.4, -0.2) is 107 Å². The number of carboxylic acid groups (broad SMARTS) is 1. The van der Waals surface area contributed by atoms with E-state index in [9.17, 15) is 29.1 Å². The Morgan fingerprint density at radius 3 is 0.888 bits per heavy atom. The number of esters is 5. The molecule has 0 amide bonds. The molecule has 0 heterocycles. The Bertz CT molecular complexity index is 3140. The second-order valence-electron chi connectivity index (χ2n) is 17.9. The summed E-state index contributed by atoms with van der Waals surface area (Å²) in [5.74, 6) is -1.57. The average Bonchev–Trinajstić information content (AvgIpc) is 0.645. The summed E-state index contributed by atoms with van der Waals surface area (Å²) in [5, 5.41) is 21.1. The number of benzene rings is 7. The molecule has 89 heavy (non-hydrogen) atoms. The van der Waals surface area contributed by atoms with Gasteiger partial charge in [-0.25, -0.2) is 24.0 Å². The number of carbonyl (C=O) groups is 6. The molecule has 468 valence electrons. The van der Waals surface area contributed by atoms with Crippen LogP contribution in [-0.2, 0) is 52.5 Å². The second kappa shape index (κ2) is 35.6. The molecule has 0 saturated heterocycles. The van der Waals surface area contributed by atoms with E-state index in [-0.39, 0.29) is 101 Å². The Labute approximate surface area is 557 Å². The van der Waals surface area contributed by atoms with E-state index in [0.717, 1.165) is 46.1 Å². The molecule has 7 rings (SSSR count). The quantitative estimate of drug-likeness (QED) is 0.0178. The predicted molar refractivity (Wildman–Crippen MR) is 340 cm³/mol. The van der Waals surface area contributed by atoms with Crippen LogP contribution in [0.3, 0.4) is 0 Å². The van der Waals surface area contributed by atoms with Gasteiger partial charge in [0.25, 0.3) is 5.97 Å². The molecule has 18 nitrogen and oxygen atoms in total. The van der Waals surface area contributed by atoms with E-state index < -0.39 is 40.2 Å². The van der Waals surface area contributed by atoms with Gasteiger partial charge in [0.2, 0.25) is 0 Å². The van der Waals surface area contributed by atoms with Crippen LogP contribution in [0.5, 0.6) is 34.5 Å². The number of hydrogen-bond acceptors (Lipinski definition) is 22. The van der Waals surface area contributed by atoms with Crippen LogP contribution in [0.4, 0.5) is 0 Å². The third kappa shape index (κ3) is 20.9. The van der Waals surface area contributed by atoms with E-state index >= 15 is 0 Å². The van der Waals surface area contributed by atoms with Crippen LogP contribution >= 0.6 is 59.4 Å². The van der Waals surface area contributed by atoms with E-state index in [1.807, 2.05) is 91.0 Å². The molecular formula is C64H67NaO18S6. The minimum Gasteiger partial charge on any atom is -0.872 e. The average molecular weight is 1340 g/mol. The minimum atomic E-state index is -5.25. The Morgan fingerprint density at radius 2 is 0.629 bits per heavy atom. The molecule has 0 spiro atoms. The second-order valence-corrected chi connectivity index (χ2v) is 40.6. The smallest absolute Gasteiger partial charge is 0.872 e. The standard InChI is InChI=1S/C62H64O16S6.C2H4O2.Na/c1-6-69-58(64)39-74-45-17-27-50(28-18-45)79-56-13-11-12-14-57(56)84(55-37-15-44(63)16-38-55,80-51-29-19-46(20-30-51)75-40-59(65)70-7-2,81-52-31-21-47(22-32-52)76-41-60(66)71-8-3,82-53-33-23-48(24-34-53)77-42-61(67)72-9-4)83-54-35-25-49(26-36-54)78-43-62(68)73-10-5;1-2(3)4;/h11-38,63H,6-10,39-43H2,1-5H3;1H3,(H,3,4);/q;;+1/p-1. The molecule has 0 bridgehead atoms. The van der Waals surface area contributed by atoms with Crippen molar-refractivity contribution in [1.29, 1.82) is 0 Å². The Morgan fingerprint density at radius 1 is 0.382 bits per heavy atom. The first-order valence-electron chi connectivity index (χ1n) is 27.4. The van der Waals surface area contributed by atoms with Gasteiger partial charge in [0.1, 0.15) is 28.7 Å². The summed E-state index contributed by atoms with van der Waals surface area (Å²) in [6, 6.07) is 52.0. The van der Waals surface area contributed by atoms with Crippen molar-refractivity contribution in [2.24, 2.45) is 0 Å². The van der Waals surface area contributed by atoms with E-state index in [1.54, 1.807) is 151 Å².